The van der Waals surface area contributed by atoms with E-state index in [4.69, 9.17) is 29.4 Å². The molecule has 0 spiro atoms. The number of fused-ring (bicyclic) bond motifs is 2. The zero-order valence-corrected chi connectivity index (χ0v) is 18.5. The van der Waals surface area contributed by atoms with E-state index in [0.29, 0.717) is 17.8 Å². The van der Waals surface area contributed by atoms with Gasteiger partial charge in [-0.25, -0.2) is 4.98 Å². The van der Waals surface area contributed by atoms with Crippen molar-refractivity contribution < 1.29 is 28.5 Å². The van der Waals surface area contributed by atoms with Crippen molar-refractivity contribution in [3.63, 3.8) is 0 Å². The van der Waals surface area contributed by atoms with Gasteiger partial charge in [-0.3, -0.25) is 9.36 Å². The highest BCUT2D eigenvalue weighted by Crippen LogP contribution is 2.44. The summed E-state index contributed by atoms with van der Waals surface area (Å²) in [5.74, 6) is -0.900. The first-order valence-electron chi connectivity index (χ1n) is 10.6. The quantitative estimate of drug-likeness (QED) is 0.550. The van der Waals surface area contributed by atoms with Crippen LogP contribution in [-0.2, 0) is 30.3 Å². The number of hydrogen-bond donors (Lipinski definition) is 1. The lowest BCUT2D eigenvalue weighted by molar-refractivity contribution is -0.201. The van der Waals surface area contributed by atoms with Gasteiger partial charge < -0.3 is 29.4 Å². The Bertz CT molecular complexity index is 1170. The number of nitrogen functional groups attached to an aromatic ring is 1. The summed E-state index contributed by atoms with van der Waals surface area (Å²) in [4.78, 5) is 24.4. The molecule has 3 aromatic rings. The van der Waals surface area contributed by atoms with Crippen LogP contribution in [0.1, 0.15) is 32.6 Å². The number of nitrogens with zero attached hydrogens (tertiary/aromatic N) is 4. The number of rotatable bonds is 6. The van der Waals surface area contributed by atoms with E-state index in [1.807, 2.05) is 44.2 Å². The number of hydrogen-bond acceptors (Lipinski definition) is 10. The molecule has 0 bridgehead atoms. The van der Waals surface area contributed by atoms with Gasteiger partial charge in [0.1, 0.15) is 31.5 Å². The number of anilines is 1. The molecule has 2 aliphatic heterocycles. The van der Waals surface area contributed by atoms with Crippen LogP contribution in [0.3, 0.4) is 0 Å². The van der Waals surface area contributed by atoms with Gasteiger partial charge in [-0.15, -0.1) is 0 Å². The van der Waals surface area contributed by atoms with E-state index < -0.39 is 36.3 Å². The van der Waals surface area contributed by atoms with Gasteiger partial charge in [-0.1, -0.05) is 30.3 Å². The zero-order chi connectivity index (χ0) is 23.2. The lowest BCUT2D eigenvalue weighted by Crippen LogP contribution is -2.33. The van der Waals surface area contributed by atoms with E-state index in [9.17, 15) is 4.79 Å². The molecule has 1 aromatic carbocycles. The third kappa shape index (κ3) is 4.22. The van der Waals surface area contributed by atoms with E-state index >= 15 is 0 Å². The van der Waals surface area contributed by atoms with Gasteiger partial charge in [0.05, 0.1) is 6.33 Å². The molecule has 2 saturated heterocycles. The Labute approximate surface area is 189 Å². The molecule has 0 radical (unpaired) electrons. The Balaban J connectivity index is 1.45. The minimum atomic E-state index is -0.819. The average molecular weight is 455 g/mol. The van der Waals surface area contributed by atoms with Gasteiger partial charge in [0.2, 0.25) is 11.8 Å². The first kappa shape index (κ1) is 21.6. The molecule has 2 N–H and O–H groups in total. The third-order valence-electron chi connectivity index (χ3n) is 5.48. The number of ether oxygens (including phenoxy) is 5. The number of aromatic nitrogens is 4. The van der Waals surface area contributed by atoms with Crippen LogP contribution in [0.5, 0.6) is 5.88 Å². The lowest BCUT2D eigenvalue weighted by Gasteiger charge is -2.24. The summed E-state index contributed by atoms with van der Waals surface area (Å²) < 4.78 is 31.2. The number of carbonyl (C=O) groups excluding carboxylic acids is 1. The summed E-state index contributed by atoms with van der Waals surface area (Å²) in [6.45, 7) is 5.35. The van der Waals surface area contributed by atoms with Crippen LogP contribution in [0.15, 0.2) is 36.7 Å². The molecular weight excluding hydrogens is 430 g/mol. The number of imidazole rings is 1. The molecule has 2 aliphatic rings. The van der Waals surface area contributed by atoms with Gasteiger partial charge in [0, 0.05) is 6.92 Å². The maximum absolute atomic E-state index is 11.3. The predicted octanol–water partition coefficient (Wildman–Crippen LogP) is 1.97. The van der Waals surface area contributed by atoms with E-state index in [1.54, 1.807) is 10.9 Å². The summed E-state index contributed by atoms with van der Waals surface area (Å²) in [6, 6.07) is 9.71. The van der Waals surface area contributed by atoms with Crippen LogP contribution in [0.25, 0.3) is 11.2 Å². The largest absolute Gasteiger partial charge is 0.471 e. The van der Waals surface area contributed by atoms with Crippen LogP contribution in [0, 0.1) is 0 Å². The Morgan fingerprint density at radius 2 is 1.94 bits per heavy atom. The second-order valence-corrected chi connectivity index (χ2v) is 8.42. The predicted molar refractivity (Wildman–Crippen MR) is 115 cm³/mol. The highest BCUT2D eigenvalue weighted by atomic mass is 16.8. The highest BCUT2D eigenvalue weighted by Gasteiger charge is 2.56. The summed E-state index contributed by atoms with van der Waals surface area (Å²) in [6.07, 6.45) is -0.467. The number of carbonyl (C=O) groups is 1. The molecule has 2 aromatic heterocycles. The Hall–Kier alpha value is -3.28. The van der Waals surface area contributed by atoms with E-state index in [2.05, 4.69) is 15.0 Å². The summed E-state index contributed by atoms with van der Waals surface area (Å²) >= 11 is 0. The van der Waals surface area contributed by atoms with Gasteiger partial charge in [-0.05, 0) is 19.4 Å². The number of esters is 1. The SMILES string of the molecule is CC(=O)OC[C@H]1O[C@@H](n2cnc3c(OCc4ccccc4)nc(N)nc32)[C@@H]2OC(C)(C)O[C@@H]21. The normalized spacial score (nSPS) is 25.8. The molecule has 0 amide bonds. The van der Waals surface area contributed by atoms with E-state index in [1.165, 1.54) is 6.92 Å². The fraction of sp³-hybridized carbons (Fsp3) is 0.455. The molecule has 33 heavy (non-hydrogen) atoms. The summed E-state index contributed by atoms with van der Waals surface area (Å²) in [7, 11) is 0. The zero-order valence-electron chi connectivity index (χ0n) is 18.5. The molecule has 4 heterocycles. The van der Waals surface area contributed by atoms with Gasteiger partial charge >= 0.3 is 5.97 Å². The highest BCUT2D eigenvalue weighted by molar-refractivity contribution is 5.77. The van der Waals surface area contributed by atoms with Crippen molar-refractivity contribution in [2.75, 3.05) is 12.3 Å². The van der Waals surface area contributed by atoms with Crippen LogP contribution >= 0.6 is 0 Å². The summed E-state index contributed by atoms with van der Waals surface area (Å²) in [5.41, 5.74) is 7.85. The second-order valence-electron chi connectivity index (χ2n) is 8.42. The first-order valence-corrected chi connectivity index (χ1v) is 10.6. The van der Waals surface area contributed by atoms with Crippen molar-refractivity contribution in [1.82, 2.24) is 19.5 Å². The maximum atomic E-state index is 11.3. The topological polar surface area (TPSA) is 133 Å². The second kappa shape index (κ2) is 8.25. The number of nitrogens with two attached hydrogens (primary N) is 1. The molecule has 11 heteroatoms. The molecular formula is C22H25N5O6. The summed E-state index contributed by atoms with van der Waals surface area (Å²) in [5, 5.41) is 0. The Morgan fingerprint density at radius 1 is 1.18 bits per heavy atom. The van der Waals surface area contributed by atoms with Crippen LogP contribution in [-0.4, -0.2) is 56.2 Å². The molecule has 5 rings (SSSR count). The fourth-order valence-electron chi connectivity index (χ4n) is 4.14. The molecule has 2 fully saturated rings. The van der Waals surface area contributed by atoms with Crippen molar-refractivity contribution in [3.05, 3.63) is 42.2 Å². The molecule has 0 unspecified atom stereocenters. The minimum Gasteiger partial charge on any atom is -0.471 e. The third-order valence-corrected chi connectivity index (χ3v) is 5.48. The average Bonchev–Trinajstić information content (AvgIpc) is 3.42. The molecule has 0 saturated carbocycles. The van der Waals surface area contributed by atoms with Crippen molar-refractivity contribution in [3.8, 4) is 5.88 Å². The monoisotopic (exact) mass is 455 g/mol. The molecule has 174 valence electrons. The number of benzene rings is 1. The van der Waals surface area contributed by atoms with E-state index in [-0.39, 0.29) is 18.4 Å². The van der Waals surface area contributed by atoms with Gasteiger partial charge in [0.15, 0.2) is 23.2 Å². The van der Waals surface area contributed by atoms with Gasteiger partial charge in [0.25, 0.3) is 0 Å². The van der Waals surface area contributed by atoms with Crippen LogP contribution < -0.4 is 10.5 Å². The van der Waals surface area contributed by atoms with Gasteiger partial charge in [-0.2, -0.15) is 9.97 Å². The van der Waals surface area contributed by atoms with Crippen molar-refractivity contribution in [1.29, 1.82) is 0 Å². The van der Waals surface area contributed by atoms with E-state index in [0.717, 1.165) is 5.56 Å². The van der Waals surface area contributed by atoms with Crippen molar-refractivity contribution in [2.24, 2.45) is 0 Å². The van der Waals surface area contributed by atoms with Crippen LogP contribution in [0.2, 0.25) is 0 Å². The first-order chi connectivity index (χ1) is 15.8. The Morgan fingerprint density at radius 3 is 2.70 bits per heavy atom. The lowest BCUT2D eigenvalue weighted by atomic mass is 10.1. The molecule has 4 atom stereocenters. The van der Waals surface area contributed by atoms with Crippen LogP contribution in [0.4, 0.5) is 5.95 Å². The van der Waals surface area contributed by atoms with Crippen molar-refractivity contribution in [2.45, 2.75) is 57.7 Å². The van der Waals surface area contributed by atoms with Crippen molar-refractivity contribution >= 4 is 23.1 Å². The fourth-order valence-corrected chi connectivity index (χ4v) is 4.14. The molecule has 11 nitrogen and oxygen atoms in total. The Kier molecular flexibility index (Phi) is 5.39. The molecule has 0 aliphatic carbocycles. The standard InChI is InChI=1S/C22H25N5O6/c1-12(28)29-10-14-16-17(33-22(2,3)32-16)20(31-14)27-11-24-15-18(27)25-21(23)26-19(15)30-9-13-7-5-4-6-8-13/h4-8,11,14,16-17,20H,9-10H2,1-3H3,(H2,23,25,26)/t14-,16-,17-,20-/m1/s1. The smallest absolute Gasteiger partial charge is 0.302 e. The minimum absolute atomic E-state index is 0.0433. The maximum Gasteiger partial charge on any atom is 0.302 e.